The first-order valence-electron chi connectivity index (χ1n) is 5.39. The molecule has 1 N–H and O–H groups in total. The maximum absolute atomic E-state index is 11.5. The van der Waals surface area contributed by atoms with Crippen LogP contribution in [0.1, 0.15) is 6.42 Å². The van der Waals surface area contributed by atoms with Crippen molar-refractivity contribution < 1.29 is 14.3 Å². The van der Waals surface area contributed by atoms with Gasteiger partial charge in [-0.05, 0) is 18.6 Å². The van der Waals surface area contributed by atoms with Gasteiger partial charge in [0, 0.05) is 5.75 Å². The summed E-state index contributed by atoms with van der Waals surface area (Å²) in [7, 11) is 0. The topological polar surface area (TPSA) is 55.4 Å². The van der Waals surface area contributed by atoms with Crippen LogP contribution in [0.3, 0.4) is 0 Å². The Morgan fingerprint density at radius 2 is 2.18 bits per heavy atom. The molecule has 0 unspecified atom stereocenters. The average Bonchev–Trinajstić information content (AvgIpc) is 2.74. The zero-order valence-electron chi connectivity index (χ0n) is 9.22. The van der Waals surface area contributed by atoms with Crippen LogP contribution in [0.5, 0.6) is 5.75 Å². The smallest absolute Gasteiger partial charge is 0.258 e. The number of carbonyl (C=O) groups is 2. The van der Waals surface area contributed by atoms with Crippen molar-refractivity contribution in [2.75, 3.05) is 12.4 Å². The Hall–Kier alpha value is -1.49. The Balaban J connectivity index is 1.76. The summed E-state index contributed by atoms with van der Waals surface area (Å²) in [6.07, 6.45) is 0.709. The van der Waals surface area contributed by atoms with Crippen LogP contribution in [-0.2, 0) is 9.59 Å². The molecule has 0 radical (unpaired) electrons. The van der Waals surface area contributed by atoms with E-state index in [1.807, 2.05) is 18.2 Å². The average molecular weight is 251 g/mol. The third-order valence-electron chi connectivity index (χ3n) is 2.38. The largest absolute Gasteiger partial charge is 0.484 e. The van der Waals surface area contributed by atoms with Crippen molar-refractivity contribution in [2.24, 2.45) is 0 Å². The highest BCUT2D eigenvalue weighted by molar-refractivity contribution is 8.14. The Labute approximate surface area is 104 Å². The number of nitrogens with one attached hydrogen (secondary N) is 1. The van der Waals surface area contributed by atoms with E-state index in [1.54, 1.807) is 12.1 Å². The number of hydrogen-bond donors (Lipinski definition) is 1. The van der Waals surface area contributed by atoms with Crippen molar-refractivity contribution >= 4 is 22.8 Å². The number of ether oxygens (including phenoxy) is 1. The van der Waals surface area contributed by atoms with Crippen molar-refractivity contribution in [1.29, 1.82) is 0 Å². The SMILES string of the molecule is O=C(COc1ccccc1)N[C@@H]1CCSC1=O. The number of benzene rings is 1. The van der Waals surface area contributed by atoms with Crippen molar-refractivity contribution in [2.45, 2.75) is 12.5 Å². The second kappa shape index (κ2) is 5.72. The highest BCUT2D eigenvalue weighted by Gasteiger charge is 2.26. The summed E-state index contributed by atoms with van der Waals surface area (Å²) in [6, 6.07) is 8.77. The summed E-state index contributed by atoms with van der Waals surface area (Å²) in [4.78, 5) is 22.8. The van der Waals surface area contributed by atoms with E-state index in [0.717, 1.165) is 5.75 Å². The molecule has 1 amide bonds. The standard InChI is InChI=1S/C12H13NO3S/c14-11(13-10-6-7-17-12(10)15)8-16-9-4-2-1-3-5-9/h1-5,10H,6-8H2,(H,13,14)/t10-/m1/s1. The fourth-order valence-electron chi connectivity index (χ4n) is 1.53. The molecule has 17 heavy (non-hydrogen) atoms. The molecule has 1 aliphatic rings. The fraction of sp³-hybridized carbons (Fsp3) is 0.333. The van der Waals surface area contributed by atoms with Gasteiger partial charge in [0.1, 0.15) is 5.75 Å². The van der Waals surface area contributed by atoms with Crippen molar-refractivity contribution in [3.8, 4) is 5.75 Å². The lowest BCUT2D eigenvalue weighted by atomic mass is 10.2. The van der Waals surface area contributed by atoms with Gasteiger partial charge in [0.2, 0.25) is 5.12 Å². The zero-order valence-corrected chi connectivity index (χ0v) is 10.0. The monoisotopic (exact) mass is 251 g/mol. The van der Waals surface area contributed by atoms with Gasteiger partial charge in [0.15, 0.2) is 6.61 Å². The minimum Gasteiger partial charge on any atom is -0.484 e. The minimum atomic E-state index is -0.341. The molecule has 2 rings (SSSR count). The first-order chi connectivity index (χ1) is 8.25. The maximum atomic E-state index is 11.5. The third kappa shape index (κ3) is 3.49. The van der Waals surface area contributed by atoms with Crippen LogP contribution < -0.4 is 10.1 Å². The highest BCUT2D eigenvalue weighted by Crippen LogP contribution is 2.19. The summed E-state index contributed by atoms with van der Waals surface area (Å²) in [6.45, 7) is -0.0571. The second-order valence-electron chi connectivity index (χ2n) is 3.68. The van der Waals surface area contributed by atoms with Crippen LogP contribution in [0.4, 0.5) is 0 Å². The van der Waals surface area contributed by atoms with Gasteiger partial charge in [-0.25, -0.2) is 0 Å². The van der Waals surface area contributed by atoms with Gasteiger partial charge in [-0.2, -0.15) is 0 Å². The molecule has 1 aromatic carbocycles. The molecule has 0 bridgehead atoms. The Bertz CT molecular complexity index is 407. The number of carbonyl (C=O) groups excluding carboxylic acids is 2. The molecule has 0 spiro atoms. The fourth-order valence-corrected chi connectivity index (χ4v) is 2.46. The van der Waals surface area contributed by atoms with Crippen molar-refractivity contribution in [3.05, 3.63) is 30.3 Å². The number of para-hydroxylation sites is 1. The predicted octanol–water partition coefficient (Wildman–Crippen LogP) is 1.21. The maximum Gasteiger partial charge on any atom is 0.258 e. The predicted molar refractivity (Wildman–Crippen MR) is 65.9 cm³/mol. The van der Waals surface area contributed by atoms with Gasteiger partial charge in [0.25, 0.3) is 5.91 Å². The first kappa shape index (κ1) is 12.0. The van der Waals surface area contributed by atoms with Crippen molar-refractivity contribution in [1.82, 2.24) is 5.32 Å². The summed E-state index contributed by atoms with van der Waals surface area (Å²) in [5, 5.41) is 2.70. The molecule has 5 heteroatoms. The van der Waals surface area contributed by atoms with Gasteiger partial charge < -0.3 is 10.1 Å². The van der Waals surface area contributed by atoms with E-state index in [-0.39, 0.29) is 23.7 Å². The molecule has 1 saturated heterocycles. The second-order valence-corrected chi connectivity index (χ2v) is 4.78. The number of rotatable bonds is 4. The highest BCUT2D eigenvalue weighted by atomic mass is 32.2. The van der Waals surface area contributed by atoms with Crippen LogP contribution in [0.25, 0.3) is 0 Å². The van der Waals surface area contributed by atoms with E-state index in [0.29, 0.717) is 12.2 Å². The molecule has 1 fully saturated rings. The van der Waals surface area contributed by atoms with E-state index in [1.165, 1.54) is 11.8 Å². The van der Waals surface area contributed by atoms with E-state index in [2.05, 4.69) is 5.32 Å². The molecule has 0 aliphatic carbocycles. The first-order valence-corrected chi connectivity index (χ1v) is 6.38. The molecule has 0 saturated carbocycles. The molecular formula is C12H13NO3S. The molecule has 1 aromatic rings. The number of thioether (sulfide) groups is 1. The minimum absolute atomic E-state index is 0.0399. The van der Waals surface area contributed by atoms with Gasteiger partial charge in [-0.15, -0.1) is 0 Å². The quantitative estimate of drug-likeness (QED) is 0.874. The number of amides is 1. The van der Waals surface area contributed by atoms with E-state index in [4.69, 9.17) is 4.74 Å². The molecule has 1 aliphatic heterocycles. The van der Waals surface area contributed by atoms with E-state index < -0.39 is 0 Å². The molecule has 1 heterocycles. The Kier molecular flexibility index (Phi) is 4.03. The summed E-state index contributed by atoms with van der Waals surface area (Å²) >= 11 is 1.27. The molecule has 0 aromatic heterocycles. The summed E-state index contributed by atoms with van der Waals surface area (Å²) < 4.78 is 5.28. The lowest BCUT2D eigenvalue weighted by molar-refractivity contribution is -0.126. The van der Waals surface area contributed by atoms with Gasteiger partial charge in [-0.1, -0.05) is 30.0 Å². The third-order valence-corrected chi connectivity index (χ3v) is 3.39. The Morgan fingerprint density at radius 3 is 2.82 bits per heavy atom. The van der Waals surface area contributed by atoms with Crippen LogP contribution in [0.15, 0.2) is 30.3 Å². The molecule has 90 valence electrons. The summed E-state index contributed by atoms with van der Waals surface area (Å²) in [5.41, 5.74) is 0. The molecule has 1 atom stereocenters. The summed E-state index contributed by atoms with van der Waals surface area (Å²) in [5.74, 6) is 1.17. The van der Waals surface area contributed by atoms with E-state index >= 15 is 0 Å². The normalized spacial score (nSPS) is 19.1. The van der Waals surface area contributed by atoms with Crippen LogP contribution in [0, 0.1) is 0 Å². The zero-order chi connectivity index (χ0) is 12.1. The van der Waals surface area contributed by atoms with Gasteiger partial charge >= 0.3 is 0 Å². The Morgan fingerprint density at radius 1 is 1.41 bits per heavy atom. The van der Waals surface area contributed by atoms with Crippen molar-refractivity contribution in [3.63, 3.8) is 0 Å². The van der Waals surface area contributed by atoms with Crippen LogP contribution in [0.2, 0.25) is 0 Å². The lowest BCUT2D eigenvalue weighted by Gasteiger charge is -2.10. The lowest BCUT2D eigenvalue weighted by Crippen LogP contribution is -2.39. The van der Waals surface area contributed by atoms with Gasteiger partial charge in [0.05, 0.1) is 6.04 Å². The van der Waals surface area contributed by atoms with Crippen LogP contribution in [-0.4, -0.2) is 29.4 Å². The van der Waals surface area contributed by atoms with E-state index in [9.17, 15) is 9.59 Å². The number of hydrogen-bond acceptors (Lipinski definition) is 4. The van der Waals surface area contributed by atoms with Gasteiger partial charge in [-0.3, -0.25) is 9.59 Å². The molecular weight excluding hydrogens is 238 g/mol. The van der Waals surface area contributed by atoms with Crippen LogP contribution >= 0.6 is 11.8 Å². The molecule has 4 nitrogen and oxygen atoms in total.